The maximum Gasteiger partial charge on any atom is 0.0121 e. The van der Waals surface area contributed by atoms with Crippen LogP contribution in [0.25, 0.3) is 0 Å². The van der Waals surface area contributed by atoms with Crippen molar-refractivity contribution in [3.8, 4) is 0 Å². The summed E-state index contributed by atoms with van der Waals surface area (Å²) in [6.07, 6.45) is 28.1. The lowest BCUT2D eigenvalue weighted by atomic mass is 9.56. The summed E-state index contributed by atoms with van der Waals surface area (Å²) in [5.41, 5.74) is 11.5. The highest BCUT2D eigenvalue weighted by Crippen LogP contribution is 2.73. The summed E-state index contributed by atoms with van der Waals surface area (Å²) in [6, 6.07) is 0. The average Bonchev–Trinajstić information content (AvgIpc) is 3.15. The third-order valence-electron chi connectivity index (χ3n) is 8.86. The van der Waals surface area contributed by atoms with Crippen molar-refractivity contribution in [2.24, 2.45) is 46.7 Å². The van der Waals surface area contributed by atoms with Crippen LogP contribution in [0.5, 0.6) is 0 Å². The predicted molar refractivity (Wildman–Crippen MR) is 107 cm³/mol. The monoisotopic (exact) mass is 345 g/mol. The highest BCUT2D eigenvalue weighted by Gasteiger charge is 2.67. The van der Waals surface area contributed by atoms with E-state index in [1.165, 1.54) is 50.6 Å². The molecule has 0 aromatic heterocycles. The number of rotatable bonds is 0. The van der Waals surface area contributed by atoms with E-state index in [0.29, 0.717) is 17.3 Å². The van der Waals surface area contributed by atoms with E-state index >= 15 is 0 Å². The van der Waals surface area contributed by atoms with Crippen molar-refractivity contribution in [1.82, 2.24) is 0 Å². The molecule has 136 valence electrons. The van der Waals surface area contributed by atoms with E-state index in [-0.39, 0.29) is 0 Å². The molecule has 7 unspecified atom stereocenters. The Labute approximate surface area is 157 Å². The molecule has 7 atom stereocenters. The molecule has 0 amide bonds. The molecular weight excluding hydrogens is 314 g/mol. The highest BCUT2D eigenvalue weighted by atomic mass is 14.7. The quantitative estimate of drug-likeness (QED) is 0.562. The van der Waals surface area contributed by atoms with Crippen LogP contribution < -0.4 is 5.73 Å². The number of hydrogen-bond acceptors (Lipinski definition) is 1. The fourth-order valence-corrected chi connectivity index (χ4v) is 8.22. The Hall–Kier alpha value is -1.50. The molecule has 0 bridgehead atoms. The van der Waals surface area contributed by atoms with Gasteiger partial charge in [-0.2, -0.15) is 0 Å². The van der Waals surface area contributed by atoms with E-state index in [2.05, 4.69) is 42.5 Å². The van der Waals surface area contributed by atoms with E-state index in [1.54, 1.807) is 11.1 Å². The van der Waals surface area contributed by atoms with Crippen molar-refractivity contribution in [2.45, 2.75) is 51.4 Å². The van der Waals surface area contributed by atoms with Crippen LogP contribution >= 0.6 is 0 Å². The molecular formula is C25H31N. The molecule has 0 aliphatic heterocycles. The molecule has 1 saturated carbocycles. The molecule has 2 N–H and O–H groups in total. The number of nitrogens with two attached hydrogens (primary N) is 1. The first kappa shape index (κ1) is 15.5. The SMILES string of the molecule is NC1=CC2C(CC1)C1CCC=CC1C21C2=C(CCC=C2)C2C=CCCC21. The fraction of sp³-hybridized carbons (Fsp3) is 0.600. The van der Waals surface area contributed by atoms with Gasteiger partial charge in [0.1, 0.15) is 0 Å². The minimum Gasteiger partial charge on any atom is -0.402 e. The smallest absolute Gasteiger partial charge is 0.0121 e. The zero-order valence-electron chi connectivity index (χ0n) is 15.7. The Morgan fingerprint density at radius 2 is 1.69 bits per heavy atom. The van der Waals surface area contributed by atoms with Crippen LogP contribution in [0.1, 0.15) is 51.4 Å². The molecule has 0 aromatic carbocycles. The van der Waals surface area contributed by atoms with E-state index in [1.807, 2.05) is 0 Å². The Balaban J connectivity index is 1.62. The molecule has 1 spiro atoms. The predicted octanol–water partition coefficient (Wildman–Crippen LogP) is 5.68. The van der Waals surface area contributed by atoms with E-state index in [0.717, 1.165) is 30.1 Å². The molecule has 1 nitrogen and oxygen atoms in total. The zero-order valence-corrected chi connectivity index (χ0v) is 15.7. The van der Waals surface area contributed by atoms with Gasteiger partial charge in [0.05, 0.1) is 0 Å². The molecule has 0 heterocycles. The lowest BCUT2D eigenvalue weighted by Gasteiger charge is -2.46. The Morgan fingerprint density at radius 1 is 0.846 bits per heavy atom. The van der Waals surface area contributed by atoms with E-state index in [4.69, 9.17) is 5.73 Å². The third kappa shape index (κ3) is 1.78. The topological polar surface area (TPSA) is 26.0 Å². The average molecular weight is 346 g/mol. The van der Waals surface area contributed by atoms with Crippen molar-refractivity contribution in [1.29, 1.82) is 0 Å². The van der Waals surface area contributed by atoms with Crippen LogP contribution in [0.2, 0.25) is 0 Å². The minimum atomic E-state index is 0.332. The maximum atomic E-state index is 6.46. The van der Waals surface area contributed by atoms with Gasteiger partial charge in [-0.05, 0) is 86.5 Å². The van der Waals surface area contributed by atoms with Gasteiger partial charge in [-0.25, -0.2) is 0 Å². The van der Waals surface area contributed by atoms with Gasteiger partial charge < -0.3 is 5.73 Å². The molecule has 1 heteroatoms. The first-order valence-electron chi connectivity index (χ1n) is 11.0. The highest BCUT2D eigenvalue weighted by molar-refractivity contribution is 5.50. The van der Waals surface area contributed by atoms with Gasteiger partial charge >= 0.3 is 0 Å². The summed E-state index contributed by atoms with van der Waals surface area (Å²) in [6.45, 7) is 0. The lowest BCUT2D eigenvalue weighted by molar-refractivity contribution is 0.109. The maximum absolute atomic E-state index is 6.46. The number of fused-ring (bicyclic) bond motifs is 9. The first-order valence-corrected chi connectivity index (χ1v) is 11.0. The molecule has 6 rings (SSSR count). The minimum absolute atomic E-state index is 0.332. The second-order valence-corrected chi connectivity index (χ2v) is 9.62. The Morgan fingerprint density at radius 3 is 2.65 bits per heavy atom. The second kappa shape index (κ2) is 5.50. The molecule has 0 aromatic rings. The zero-order chi connectivity index (χ0) is 17.3. The van der Waals surface area contributed by atoms with Crippen molar-refractivity contribution >= 4 is 0 Å². The van der Waals surface area contributed by atoms with Gasteiger partial charge in [0.2, 0.25) is 0 Å². The van der Waals surface area contributed by atoms with Gasteiger partial charge in [0.25, 0.3) is 0 Å². The van der Waals surface area contributed by atoms with Crippen molar-refractivity contribution < 1.29 is 0 Å². The Kier molecular flexibility index (Phi) is 3.29. The van der Waals surface area contributed by atoms with Crippen LogP contribution in [0, 0.1) is 40.9 Å². The summed E-state index contributed by atoms with van der Waals surface area (Å²) in [4.78, 5) is 0. The number of allylic oxidation sites excluding steroid dienone is 10. The lowest BCUT2D eigenvalue weighted by Crippen LogP contribution is -2.42. The van der Waals surface area contributed by atoms with Crippen LogP contribution in [0.15, 0.2) is 59.4 Å². The molecule has 1 fully saturated rings. The molecule has 6 aliphatic rings. The largest absolute Gasteiger partial charge is 0.402 e. The van der Waals surface area contributed by atoms with Gasteiger partial charge in [-0.15, -0.1) is 0 Å². The van der Waals surface area contributed by atoms with Crippen molar-refractivity contribution in [2.75, 3.05) is 0 Å². The normalized spacial score (nSPS) is 48.2. The van der Waals surface area contributed by atoms with Crippen molar-refractivity contribution in [3.63, 3.8) is 0 Å². The van der Waals surface area contributed by atoms with E-state index in [9.17, 15) is 0 Å². The van der Waals surface area contributed by atoms with Crippen molar-refractivity contribution in [3.05, 3.63) is 59.4 Å². The van der Waals surface area contributed by atoms with Gasteiger partial charge in [0.15, 0.2) is 0 Å². The standard InChI is InChI=1S/C25H31N/c26-16-13-14-20-19-9-3-6-12-23(19)25(24(20)15-16)21-10-4-1-7-17(21)18-8-2-5-11-22(18)25/h1,5-7,11-12,15,17,19-21,23-24H,2-4,8-10,13-14,26H2. The van der Waals surface area contributed by atoms with Crippen LogP contribution in [0.3, 0.4) is 0 Å². The molecule has 6 aliphatic carbocycles. The van der Waals surface area contributed by atoms with Gasteiger partial charge in [-0.1, -0.05) is 48.1 Å². The van der Waals surface area contributed by atoms with Crippen LogP contribution in [-0.2, 0) is 0 Å². The van der Waals surface area contributed by atoms with Gasteiger partial charge in [-0.3, -0.25) is 0 Å². The van der Waals surface area contributed by atoms with Crippen LogP contribution in [0.4, 0.5) is 0 Å². The molecule has 26 heavy (non-hydrogen) atoms. The molecule has 0 radical (unpaired) electrons. The van der Waals surface area contributed by atoms with Crippen LogP contribution in [-0.4, -0.2) is 0 Å². The Bertz CT molecular complexity index is 778. The summed E-state index contributed by atoms with van der Waals surface area (Å²) < 4.78 is 0. The summed E-state index contributed by atoms with van der Waals surface area (Å²) >= 11 is 0. The third-order valence-corrected chi connectivity index (χ3v) is 8.86. The van der Waals surface area contributed by atoms with Gasteiger partial charge in [0, 0.05) is 17.0 Å². The van der Waals surface area contributed by atoms with E-state index < -0.39 is 0 Å². The second-order valence-electron chi connectivity index (χ2n) is 9.62. The number of hydrogen-bond donors (Lipinski definition) is 1. The fourth-order valence-electron chi connectivity index (χ4n) is 8.22. The summed E-state index contributed by atoms with van der Waals surface area (Å²) in [5.74, 6) is 4.64. The summed E-state index contributed by atoms with van der Waals surface area (Å²) in [5, 5.41) is 0. The first-order chi connectivity index (χ1) is 12.8. The molecule has 0 saturated heterocycles. The summed E-state index contributed by atoms with van der Waals surface area (Å²) in [7, 11) is 0.